The molecule has 21 heavy (non-hydrogen) atoms. The molecule has 0 radical (unpaired) electrons. The summed E-state index contributed by atoms with van der Waals surface area (Å²) < 4.78 is 15.4. The molecule has 1 aromatic carbocycles. The molecule has 112 valence electrons. The molecule has 0 fully saturated rings. The Morgan fingerprint density at radius 2 is 1.76 bits per heavy atom. The molecule has 1 atom stereocenters. The second kappa shape index (κ2) is 6.90. The van der Waals surface area contributed by atoms with Gasteiger partial charge in [-0.2, -0.15) is 4.98 Å². The molecular weight excluding hydrogens is 270 g/mol. The van der Waals surface area contributed by atoms with Gasteiger partial charge in [0.15, 0.2) is 0 Å². The van der Waals surface area contributed by atoms with E-state index in [4.69, 9.17) is 19.9 Å². The third-order valence-corrected chi connectivity index (χ3v) is 3.11. The van der Waals surface area contributed by atoms with Gasteiger partial charge in [-0.1, -0.05) is 12.1 Å². The SMILES string of the molecule is COc1ccc(CC(N)c2ncc(OC)nc2OC)cc1. The second-order valence-electron chi connectivity index (χ2n) is 4.47. The van der Waals surface area contributed by atoms with Gasteiger partial charge in [-0.25, -0.2) is 4.98 Å². The lowest BCUT2D eigenvalue weighted by atomic mass is 10.0. The van der Waals surface area contributed by atoms with Crippen molar-refractivity contribution < 1.29 is 14.2 Å². The van der Waals surface area contributed by atoms with Gasteiger partial charge in [0.2, 0.25) is 11.8 Å². The van der Waals surface area contributed by atoms with E-state index in [0.29, 0.717) is 23.9 Å². The Hall–Kier alpha value is -2.34. The van der Waals surface area contributed by atoms with E-state index >= 15 is 0 Å². The zero-order valence-electron chi connectivity index (χ0n) is 12.4. The van der Waals surface area contributed by atoms with Crippen molar-refractivity contribution in [3.8, 4) is 17.5 Å². The molecule has 1 aromatic heterocycles. The quantitative estimate of drug-likeness (QED) is 0.872. The number of hydrogen-bond acceptors (Lipinski definition) is 6. The molecule has 2 N–H and O–H groups in total. The molecular formula is C15H19N3O3. The number of nitrogens with zero attached hydrogens (tertiary/aromatic N) is 2. The minimum Gasteiger partial charge on any atom is -0.497 e. The molecule has 1 heterocycles. The molecule has 0 aliphatic rings. The predicted octanol–water partition coefficient (Wildman–Crippen LogP) is 1.74. The molecule has 2 aromatic rings. The fourth-order valence-corrected chi connectivity index (χ4v) is 1.98. The van der Waals surface area contributed by atoms with Crippen LogP contribution in [0, 0.1) is 0 Å². The highest BCUT2D eigenvalue weighted by Crippen LogP contribution is 2.24. The lowest BCUT2D eigenvalue weighted by Crippen LogP contribution is -2.17. The van der Waals surface area contributed by atoms with Crippen molar-refractivity contribution >= 4 is 0 Å². The first-order valence-corrected chi connectivity index (χ1v) is 6.51. The summed E-state index contributed by atoms with van der Waals surface area (Å²) in [6.45, 7) is 0. The Morgan fingerprint density at radius 1 is 1.05 bits per heavy atom. The van der Waals surface area contributed by atoms with Gasteiger partial charge in [0.1, 0.15) is 11.4 Å². The van der Waals surface area contributed by atoms with E-state index in [-0.39, 0.29) is 6.04 Å². The molecule has 1 unspecified atom stereocenters. The van der Waals surface area contributed by atoms with E-state index in [1.54, 1.807) is 7.11 Å². The fraction of sp³-hybridized carbons (Fsp3) is 0.333. The van der Waals surface area contributed by atoms with Gasteiger partial charge >= 0.3 is 0 Å². The van der Waals surface area contributed by atoms with Crippen LogP contribution in [0.5, 0.6) is 17.5 Å². The lowest BCUT2D eigenvalue weighted by Gasteiger charge is -2.14. The van der Waals surface area contributed by atoms with Crippen molar-refractivity contribution in [2.24, 2.45) is 5.73 Å². The van der Waals surface area contributed by atoms with Crippen molar-refractivity contribution in [3.63, 3.8) is 0 Å². The van der Waals surface area contributed by atoms with Crippen LogP contribution < -0.4 is 19.9 Å². The zero-order valence-corrected chi connectivity index (χ0v) is 12.4. The van der Waals surface area contributed by atoms with Crippen molar-refractivity contribution in [1.82, 2.24) is 9.97 Å². The van der Waals surface area contributed by atoms with Gasteiger partial charge in [0, 0.05) is 0 Å². The number of hydrogen-bond donors (Lipinski definition) is 1. The highest BCUT2D eigenvalue weighted by atomic mass is 16.5. The van der Waals surface area contributed by atoms with Crippen LogP contribution in [0.2, 0.25) is 0 Å². The summed E-state index contributed by atoms with van der Waals surface area (Å²) >= 11 is 0. The van der Waals surface area contributed by atoms with Crippen molar-refractivity contribution in [1.29, 1.82) is 0 Å². The lowest BCUT2D eigenvalue weighted by molar-refractivity contribution is 0.353. The number of ether oxygens (including phenoxy) is 3. The average Bonchev–Trinajstić information content (AvgIpc) is 2.54. The average molecular weight is 289 g/mol. The summed E-state index contributed by atoms with van der Waals surface area (Å²) in [5, 5.41) is 0. The maximum atomic E-state index is 6.21. The van der Waals surface area contributed by atoms with Gasteiger partial charge in [-0.05, 0) is 24.1 Å². The van der Waals surface area contributed by atoms with Crippen molar-refractivity contribution in [3.05, 3.63) is 41.7 Å². The molecule has 0 bridgehead atoms. The van der Waals surface area contributed by atoms with E-state index in [9.17, 15) is 0 Å². The number of aromatic nitrogens is 2. The van der Waals surface area contributed by atoms with Crippen LogP contribution in [0.25, 0.3) is 0 Å². The van der Waals surface area contributed by atoms with Crippen LogP contribution >= 0.6 is 0 Å². The minimum absolute atomic E-state index is 0.313. The highest BCUT2D eigenvalue weighted by molar-refractivity contribution is 5.30. The number of nitrogens with two attached hydrogens (primary N) is 1. The molecule has 0 aliphatic heterocycles. The van der Waals surface area contributed by atoms with E-state index < -0.39 is 0 Å². The molecule has 0 amide bonds. The van der Waals surface area contributed by atoms with Crippen LogP contribution in [0.3, 0.4) is 0 Å². The van der Waals surface area contributed by atoms with Crippen molar-refractivity contribution in [2.75, 3.05) is 21.3 Å². The van der Waals surface area contributed by atoms with Crippen LogP contribution in [-0.4, -0.2) is 31.3 Å². The fourth-order valence-electron chi connectivity index (χ4n) is 1.98. The van der Waals surface area contributed by atoms with Gasteiger partial charge in [0.05, 0.1) is 33.6 Å². The topological polar surface area (TPSA) is 79.5 Å². The second-order valence-corrected chi connectivity index (χ2v) is 4.47. The summed E-state index contributed by atoms with van der Waals surface area (Å²) in [6, 6.07) is 7.44. The molecule has 0 aliphatic carbocycles. The van der Waals surface area contributed by atoms with Crippen LogP contribution in [0.4, 0.5) is 0 Å². The Kier molecular flexibility index (Phi) is 4.94. The Morgan fingerprint density at radius 3 is 2.33 bits per heavy atom. The highest BCUT2D eigenvalue weighted by Gasteiger charge is 2.16. The number of benzene rings is 1. The normalized spacial score (nSPS) is 11.8. The third-order valence-electron chi connectivity index (χ3n) is 3.11. The Balaban J connectivity index is 2.17. The largest absolute Gasteiger partial charge is 0.497 e. The van der Waals surface area contributed by atoms with Crippen molar-refractivity contribution in [2.45, 2.75) is 12.5 Å². The van der Waals surface area contributed by atoms with E-state index in [1.807, 2.05) is 24.3 Å². The van der Waals surface area contributed by atoms with E-state index in [2.05, 4.69) is 9.97 Å². The van der Waals surface area contributed by atoms with Gasteiger partial charge < -0.3 is 19.9 Å². The molecule has 6 nitrogen and oxygen atoms in total. The molecule has 0 saturated carbocycles. The molecule has 0 spiro atoms. The van der Waals surface area contributed by atoms with Crippen LogP contribution in [0.1, 0.15) is 17.3 Å². The minimum atomic E-state index is -0.313. The summed E-state index contributed by atoms with van der Waals surface area (Å²) in [4.78, 5) is 8.48. The summed E-state index contributed by atoms with van der Waals surface area (Å²) in [6.07, 6.45) is 2.16. The summed E-state index contributed by atoms with van der Waals surface area (Å²) in [5.74, 6) is 1.59. The Bertz CT molecular complexity index is 587. The Labute approximate surface area is 123 Å². The zero-order chi connectivity index (χ0) is 15.2. The standard InChI is InChI=1S/C15H19N3O3/c1-19-11-6-4-10(5-7-11)8-12(16)14-15(21-3)18-13(20-2)9-17-14/h4-7,9,12H,8,16H2,1-3H3. The van der Waals surface area contributed by atoms with Gasteiger partial charge in [-0.3, -0.25) is 0 Å². The monoisotopic (exact) mass is 289 g/mol. The summed E-state index contributed by atoms with van der Waals surface area (Å²) in [5.41, 5.74) is 7.90. The summed E-state index contributed by atoms with van der Waals surface area (Å²) in [7, 11) is 4.70. The van der Waals surface area contributed by atoms with Gasteiger partial charge in [-0.15, -0.1) is 0 Å². The van der Waals surface area contributed by atoms with Crippen LogP contribution in [-0.2, 0) is 6.42 Å². The first kappa shape index (κ1) is 15.1. The van der Waals surface area contributed by atoms with Gasteiger partial charge in [0.25, 0.3) is 0 Å². The molecule has 2 rings (SSSR count). The first-order valence-electron chi connectivity index (χ1n) is 6.51. The maximum absolute atomic E-state index is 6.21. The van der Waals surface area contributed by atoms with E-state index in [1.165, 1.54) is 20.4 Å². The maximum Gasteiger partial charge on any atom is 0.240 e. The van der Waals surface area contributed by atoms with Crippen LogP contribution in [0.15, 0.2) is 30.5 Å². The molecule has 0 saturated heterocycles. The van der Waals surface area contributed by atoms with E-state index in [0.717, 1.165) is 11.3 Å². The smallest absolute Gasteiger partial charge is 0.240 e. The number of rotatable bonds is 6. The first-order chi connectivity index (χ1) is 10.2. The molecule has 6 heteroatoms. The number of methoxy groups -OCH3 is 3. The third kappa shape index (κ3) is 3.61. The predicted molar refractivity (Wildman–Crippen MR) is 78.8 cm³/mol.